The maximum absolute atomic E-state index is 11.2. The van der Waals surface area contributed by atoms with Crippen LogP contribution in [0.3, 0.4) is 0 Å². The number of carbonyl (C=O) groups is 1. The van der Waals surface area contributed by atoms with Crippen molar-refractivity contribution in [1.82, 2.24) is 5.43 Å². The third-order valence-electron chi connectivity index (χ3n) is 3.11. The molecule has 120 valence electrons. The molecule has 0 saturated carbocycles. The first kappa shape index (κ1) is 16.5. The largest absolute Gasteiger partial charge is 0.489 e. The number of nitrogens with zero attached hydrogens (tertiary/aromatic N) is 1. The average Bonchev–Trinajstić information content (AvgIpc) is 2.59. The molecule has 2 rings (SSSR count). The fraction of sp³-hybridized carbons (Fsp3) is 0.222. The Hall–Kier alpha value is -2.82. The summed E-state index contributed by atoms with van der Waals surface area (Å²) in [7, 11) is 0. The van der Waals surface area contributed by atoms with E-state index in [1.54, 1.807) is 6.92 Å². The van der Waals surface area contributed by atoms with Crippen LogP contribution >= 0.6 is 0 Å². The van der Waals surface area contributed by atoms with E-state index in [4.69, 9.17) is 9.47 Å². The molecule has 2 aromatic carbocycles. The summed E-state index contributed by atoms with van der Waals surface area (Å²) in [6.45, 7) is 4.39. The summed E-state index contributed by atoms with van der Waals surface area (Å²) < 4.78 is 10.5. The Morgan fingerprint density at radius 2 is 1.78 bits per heavy atom. The van der Waals surface area contributed by atoms with Gasteiger partial charge in [0.15, 0.2) is 0 Å². The molecular weight excluding hydrogens is 292 g/mol. The van der Waals surface area contributed by atoms with Crippen molar-refractivity contribution in [2.75, 3.05) is 6.61 Å². The molecule has 5 heteroatoms. The number of ether oxygens (including phenoxy) is 2. The predicted octanol–water partition coefficient (Wildman–Crippen LogP) is 3.74. The number of amides is 1. The van der Waals surface area contributed by atoms with Crippen LogP contribution in [0.2, 0.25) is 0 Å². The lowest BCUT2D eigenvalue weighted by Crippen LogP contribution is -2.20. The Morgan fingerprint density at radius 1 is 1.09 bits per heavy atom. The zero-order valence-electron chi connectivity index (χ0n) is 13.3. The van der Waals surface area contributed by atoms with Crippen molar-refractivity contribution in [2.45, 2.75) is 20.5 Å². The summed E-state index contributed by atoms with van der Waals surface area (Å²) in [4.78, 5) is 11.2. The molecule has 0 fully saturated rings. The van der Waals surface area contributed by atoms with Gasteiger partial charge in [0.05, 0.1) is 12.3 Å². The van der Waals surface area contributed by atoms with Gasteiger partial charge in [-0.25, -0.2) is 10.2 Å². The summed E-state index contributed by atoms with van der Waals surface area (Å²) in [5.41, 5.74) is 5.04. The van der Waals surface area contributed by atoms with Crippen molar-refractivity contribution in [2.24, 2.45) is 5.10 Å². The van der Waals surface area contributed by atoms with Gasteiger partial charge in [-0.2, -0.15) is 5.10 Å². The van der Waals surface area contributed by atoms with Crippen molar-refractivity contribution in [1.29, 1.82) is 0 Å². The average molecular weight is 312 g/mol. The number of benzene rings is 2. The van der Waals surface area contributed by atoms with Crippen LogP contribution in [0.1, 0.15) is 25.0 Å². The standard InChI is InChI=1S/C18H20N2O3/c1-3-22-18(21)20-19-14(2)16-9-11-17(12-10-16)23-13-15-7-5-4-6-8-15/h4-12H,3,13H2,1-2H3,(H,20,21)/b19-14-. The number of rotatable bonds is 6. The molecule has 0 aliphatic carbocycles. The molecular formula is C18H20N2O3. The minimum Gasteiger partial charge on any atom is -0.489 e. The third kappa shape index (κ3) is 5.47. The van der Waals surface area contributed by atoms with Gasteiger partial charge in [-0.1, -0.05) is 30.3 Å². The SMILES string of the molecule is CCOC(=O)N/N=C(/C)c1ccc(OCc2ccccc2)cc1. The highest BCUT2D eigenvalue weighted by Crippen LogP contribution is 2.14. The second-order valence-electron chi connectivity index (χ2n) is 4.83. The summed E-state index contributed by atoms with van der Waals surface area (Å²) in [5, 5.41) is 3.99. The van der Waals surface area contributed by atoms with Crippen LogP contribution in [0.25, 0.3) is 0 Å². The van der Waals surface area contributed by atoms with E-state index in [0.717, 1.165) is 16.9 Å². The molecule has 0 heterocycles. The summed E-state index contributed by atoms with van der Waals surface area (Å²) >= 11 is 0. The molecule has 0 atom stereocenters. The van der Waals surface area contributed by atoms with Crippen molar-refractivity contribution >= 4 is 11.8 Å². The van der Waals surface area contributed by atoms with Crippen LogP contribution in [0, 0.1) is 0 Å². The van der Waals surface area contributed by atoms with Gasteiger partial charge in [0.1, 0.15) is 12.4 Å². The highest BCUT2D eigenvalue weighted by atomic mass is 16.5. The molecule has 2 aromatic rings. The van der Waals surface area contributed by atoms with Crippen LogP contribution < -0.4 is 10.2 Å². The Labute approximate surface area is 135 Å². The van der Waals surface area contributed by atoms with Crippen molar-refractivity contribution in [3.8, 4) is 5.75 Å². The second-order valence-corrected chi connectivity index (χ2v) is 4.83. The molecule has 0 radical (unpaired) electrons. The Bertz CT molecular complexity index is 652. The Morgan fingerprint density at radius 3 is 2.43 bits per heavy atom. The minimum absolute atomic E-state index is 0.313. The maximum atomic E-state index is 11.2. The molecule has 5 nitrogen and oxygen atoms in total. The quantitative estimate of drug-likeness (QED) is 0.653. The molecule has 0 aliphatic heterocycles. The van der Waals surface area contributed by atoms with E-state index in [-0.39, 0.29) is 0 Å². The molecule has 1 N–H and O–H groups in total. The van der Waals surface area contributed by atoms with Gasteiger partial charge in [-0.3, -0.25) is 0 Å². The van der Waals surface area contributed by atoms with E-state index >= 15 is 0 Å². The second kappa shape index (κ2) is 8.58. The summed E-state index contributed by atoms with van der Waals surface area (Å²) in [6.07, 6.45) is -0.560. The molecule has 1 amide bonds. The van der Waals surface area contributed by atoms with Crippen molar-refractivity contribution in [3.63, 3.8) is 0 Å². The molecule has 0 saturated heterocycles. The number of hydrogen-bond acceptors (Lipinski definition) is 4. The highest BCUT2D eigenvalue weighted by molar-refractivity contribution is 5.99. The van der Waals surface area contributed by atoms with Gasteiger partial charge >= 0.3 is 6.09 Å². The van der Waals surface area contributed by atoms with Gasteiger partial charge in [-0.05, 0) is 49.2 Å². The Balaban J connectivity index is 1.91. The molecule has 0 aromatic heterocycles. The van der Waals surface area contributed by atoms with Gasteiger partial charge in [0.2, 0.25) is 0 Å². The first-order valence-corrected chi connectivity index (χ1v) is 7.43. The number of nitrogens with one attached hydrogen (secondary N) is 1. The monoisotopic (exact) mass is 312 g/mol. The van der Waals surface area contributed by atoms with Crippen LogP contribution in [0.5, 0.6) is 5.75 Å². The van der Waals surface area contributed by atoms with Gasteiger partial charge < -0.3 is 9.47 Å². The number of carbonyl (C=O) groups excluding carboxylic acids is 1. The molecule has 0 unspecified atom stereocenters. The lowest BCUT2D eigenvalue weighted by atomic mass is 10.1. The van der Waals surface area contributed by atoms with E-state index in [0.29, 0.717) is 18.9 Å². The summed E-state index contributed by atoms with van der Waals surface area (Å²) in [6, 6.07) is 17.5. The number of hydrogen-bond donors (Lipinski definition) is 1. The fourth-order valence-electron chi connectivity index (χ4n) is 1.89. The highest BCUT2D eigenvalue weighted by Gasteiger charge is 2.02. The van der Waals surface area contributed by atoms with Crippen molar-refractivity contribution < 1.29 is 14.3 Å². The van der Waals surface area contributed by atoms with Gasteiger partial charge in [0, 0.05) is 0 Å². The summed E-state index contributed by atoms with van der Waals surface area (Å²) in [5.74, 6) is 0.781. The van der Waals surface area contributed by atoms with Crippen LogP contribution in [0.4, 0.5) is 4.79 Å². The zero-order chi connectivity index (χ0) is 16.5. The lowest BCUT2D eigenvalue weighted by Gasteiger charge is -2.07. The van der Waals surface area contributed by atoms with Crippen LogP contribution in [-0.2, 0) is 11.3 Å². The van der Waals surface area contributed by atoms with E-state index in [2.05, 4.69) is 10.5 Å². The van der Waals surface area contributed by atoms with E-state index in [9.17, 15) is 4.79 Å². The molecule has 0 spiro atoms. The van der Waals surface area contributed by atoms with Crippen molar-refractivity contribution in [3.05, 3.63) is 65.7 Å². The molecule has 0 bridgehead atoms. The number of hydrazone groups is 1. The topological polar surface area (TPSA) is 59.9 Å². The van der Waals surface area contributed by atoms with E-state index in [1.807, 2.05) is 61.5 Å². The predicted molar refractivity (Wildman–Crippen MR) is 89.6 cm³/mol. The maximum Gasteiger partial charge on any atom is 0.427 e. The first-order chi connectivity index (χ1) is 11.2. The lowest BCUT2D eigenvalue weighted by molar-refractivity contribution is 0.152. The van der Waals surface area contributed by atoms with Gasteiger partial charge in [0.25, 0.3) is 0 Å². The van der Waals surface area contributed by atoms with E-state index in [1.165, 1.54) is 0 Å². The Kier molecular flexibility index (Phi) is 6.17. The first-order valence-electron chi connectivity index (χ1n) is 7.43. The fourth-order valence-corrected chi connectivity index (χ4v) is 1.89. The van der Waals surface area contributed by atoms with Crippen LogP contribution in [0.15, 0.2) is 59.7 Å². The minimum atomic E-state index is -0.560. The third-order valence-corrected chi connectivity index (χ3v) is 3.11. The van der Waals surface area contributed by atoms with E-state index < -0.39 is 6.09 Å². The molecule has 0 aliphatic rings. The van der Waals surface area contributed by atoms with Gasteiger partial charge in [-0.15, -0.1) is 0 Å². The molecule has 23 heavy (non-hydrogen) atoms. The smallest absolute Gasteiger partial charge is 0.427 e. The van der Waals surface area contributed by atoms with Crippen LogP contribution in [-0.4, -0.2) is 18.4 Å². The zero-order valence-corrected chi connectivity index (χ0v) is 13.3. The normalized spacial score (nSPS) is 11.0.